The van der Waals surface area contributed by atoms with E-state index >= 15 is 0 Å². The fraction of sp³-hybridized carbons (Fsp3) is 0.273. The van der Waals surface area contributed by atoms with Crippen LogP contribution in [-0.2, 0) is 6.54 Å². The molecule has 2 aromatic heterocycles. The summed E-state index contributed by atoms with van der Waals surface area (Å²) in [5, 5.41) is 15.8. The lowest BCUT2D eigenvalue weighted by Crippen LogP contribution is -2.05. The van der Waals surface area contributed by atoms with Crippen molar-refractivity contribution in [1.82, 2.24) is 14.8 Å². The minimum atomic E-state index is -0.435. The molecule has 0 unspecified atom stereocenters. The number of nitrogens with zero attached hydrogens (tertiary/aromatic N) is 4. The summed E-state index contributed by atoms with van der Waals surface area (Å²) in [7, 11) is 0. The number of hydrogen-bond donors (Lipinski definition) is 0. The van der Waals surface area contributed by atoms with Crippen molar-refractivity contribution < 1.29 is 4.92 Å². The van der Waals surface area contributed by atoms with Gasteiger partial charge in [0, 0.05) is 11.8 Å². The van der Waals surface area contributed by atoms with Gasteiger partial charge < -0.3 is 0 Å². The van der Waals surface area contributed by atoms with Crippen LogP contribution in [0.3, 0.4) is 0 Å². The number of pyridine rings is 1. The molecule has 0 fully saturated rings. The molecule has 0 radical (unpaired) electrons. The summed E-state index contributed by atoms with van der Waals surface area (Å²) in [6.07, 6.45) is 1.53. The van der Waals surface area contributed by atoms with Gasteiger partial charge in [0.05, 0.1) is 16.5 Å². The number of aryl methyl sites for hydroxylation is 1. The molecule has 100 valence electrons. The molecule has 19 heavy (non-hydrogen) atoms. The topological polar surface area (TPSA) is 73.8 Å². The standard InChI is InChI=1S/C11H10Cl2N4O2/c1-6-11(17(18)19)7(2)16(15-6)5-8-4-14-10(13)3-9(8)12/h3-4H,5H2,1-2H3. The zero-order chi connectivity index (χ0) is 14.2. The van der Waals surface area contributed by atoms with E-state index < -0.39 is 4.92 Å². The molecule has 0 N–H and O–H groups in total. The van der Waals surface area contributed by atoms with Crippen molar-refractivity contribution in [2.45, 2.75) is 20.4 Å². The number of rotatable bonds is 3. The molecule has 0 saturated heterocycles. The van der Waals surface area contributed by atoms with Gasteiger partial charge in [-0.15, -0.1) is 0 Å². The molecule has 0 amide bonds. The largest absolute Gasteiger partial charge is 0.312 e. The zero-order valence-corrected chi connectivity index (χ0v) is 11.7. The summed E-state index contributed by atoms with van der Waals surface area (Å²) >= 11 is 11.8. The molecule has 2 heterocycles. The van der Waals surface area contributed by atoms with Crippen LogP contribution in [0.4, 0.5) is 5.69 Å². The summed E-state index contributed by atoms with van der Waals surface area (Å²) < 4.78 is 1.53. The second-order valence-corrected chi connectivity index (χ2v) is 4.83. The van der Waals surface area contributed by atoms with Crippen LogP contribution >= 0.6 is 23.2 Å². The lowest BCUT2D eigenvalue weighted by molar-refractivity contribution is -0.386. The molecule has 0 aliphatic carbocycles. The van der Waals surface area contributed by atoms with Crippen molar-refractivity contribution in [3.05, 3.63) is 49.5 Å². The zero-order valence-electron chi connectivity index (χ0n) is 10.2. The van der Waals surface area contributed by atoms with Gasteiger partial charge in [-0.25, -0.2) is 4.98 Å². The Bertz CT molecular complexity index is 654. The van der Waals surface area contributed by atoms with Crippen LogP contribution < -0.4 is 0 Å². The maximum absolute atomic E-state index is 10.9. The fourth-order valence-electron chi connectivity index (χ4n) is 1.82. The Labute approximate surface area is 119 Å². The summed E-state index contributed by atoms with van der Waals surface area (Å²) in [5.74, 6) is 0. The first-order valence-corrected chi connectivity index (χ1v) is 6.14. The summed E-state index contributed by atoms with van der Waals surface area (Å²) in [4.78, 5) is 14.4. The minimum Gasteiger partial charge on any atom is -0.258 e. The molecule has 0 aliphatic heterocycles. The quantitative estimate of drug-likeness (QED) is 0.496. The van der Waals surface area contributed by atoms with Crippen molar-refractivity contribution >= 4 is 28.9 Å². The Morgan fingerprint density at radius 2 is 2.11 bits per heavy atom. The Morgan fingerprint density at radius 3 is 2.63 bits per heavy atom. The van der Waals surface area contributed by atoms with Crippen molar-refractivity contribution in [3.63, 3.8) is 0 Å². The highest BCUT2D eigenvalue weighted by molar-refractivity contribution is 6.34. The lowest BCUT2D eigenvalue weighted by Gasteiger charge is -2.05. The Hall–Kier alpha value is -1.66. The third-order valence-corrected chi connectivity index (χ3v) is 3.30. The molecular weight excluding hydrogens is 291 g/mol. The predicted octanol–water partition coefficient (Wildman–Crippen LogP) is 3.16. The number of hydrogen-bond acceptors (Lipinski definition) is 4. The van der Waals surface area contributed by atoms with Gasteiger partial charge in [-0.05, 0) is 19.9 Å². The van der Waals surface area contributed by atoms with Gasteiger partial charge in [-0.2, -0.15) is 5.10 Å². The molecule has 0 spiro atoms. The molecule has 8 heteroatoms. The van der Waals surface area contributed by atoms with Gasteiger partial charge in [0.15, 0.2) is 0 Å². The monoisotopic (exact) mass is 300 g/mol. The Kier molecular flexibility index (Phi) is 3.73. The van der Waals surface area contributed by atoms with E-state index in [4.69, 9.17) is 23.2 Å². The number of aromatic nitrogens is 3. The summed E-state index contributed by atoms with van der Waals surface area (Å²) in [5.41, 5.74) is 1.58. The molecule has 2 aromatic rings. The van der Waals surface area contributed by atoms with E-state index in [0.29, 0.717) is 33.7 Å². The van der Waals surface area contributed by atoms with Crippen molar-refractivity contribution in [1.29, 1.82) is 0 Å². The average Bonchev–Trinajstić information content (AvgIpc) is 2.58. The van der Waals surface area contributed by atoms with E-state index in [1.54, 1.807) is 13.8 Å². The van der Waals surface area contributed by atoms with E-state index in [9.17, 15) is 10.1 Å². The molecule has 0 bridgehead atoms. The van der Waals surface area contributed by atoms with Gasteiger partial charge in [0.25, 0.3) is 0 Å². The predicted molar refractivity (Wildman–Crippen MR) is 71.7 cm³/mol. The highest BCUT2D eigenvalue weighted by Gasteiger charge is 2.22. The van der Waals surface area contributed by atoms with Crippen LogP contribution in [0.15, 0.2) is 12.3 Å². The normalized spacial score (nSPS) is 10.7. The summed E-state index contributed by atoms with van der Waals surface area (Å²) in [6, 6.07) is 1.53. The van der Waals surface area contributed by atoms with Crippen LogP contribution in [0.2, 0.25) is 10.2 Å². The maximum atomic E-state index is 10.9. The maximum Gasteiger partial charge on any atom is 0.312 e. The molecule has 0 aliphatic rings. The van der Waals surface area contributed by atoms with E-state index in [2.05, 4.69) is 10.1 Å². The van der Waals surface area contributed by atoms with Crippen LogP contribution in [-0.4, -0.2) is 19.7 Å². The minimum absolute atomic E-state index is 0.0260. The molecule has 6 nitrogen and oxygen atoms in total. The van der Waals surface area contributed by atoms with E-state index in [1.165, 1.54) is 16.9 Å². The van der Waals surface area contributed by atoms with Crippen LogP contribution in [0, 0.1) is 24.0 Å². The SMILES string of the molecule is Cc1nn(Cc2cnc(Cl)cc2Cl)c(C)c1[N+](=O)[O-]. The van der Waals surface area contributed by atoms with Crippen molar-refractivity contribution in [3.8, 4) is 0 Å². The molecule has 0 saturated carbocycles. The number of nitro groups is 1. The fourth-order valence-corrected chi connectivity index (χ4v) is 2.24. The first-order chi connectivity index (χ1) is 8.90. The number of halogens is 2. The molecule has 2 rings (SSSR count). The molecule has 0 aromatic carbocycles. The second-order valence-electron chi connectivity index (χ2n) is 4.03. The third kappa shape index (κ3) is 2.69. The summed E-state index contributed by atoms with van der Waals surface area (Å²) in [6.45, 7) is 3.56. The van der Waals surface area contributed by atoms with Crippen LogP contribution in [0.25, 0.3) is 0 Å². The van der Waals surface area contributed by atoms with Gasteiger partial charge in [0.1, 0.15) is 16.5 Å². The smallest absolute Gasteiger partial charge is 0.258 e. The van der Waals surface area contributed by atoms with E-state index in [1.807, 2.05) is 0 Å². The van der Waals surface area contributed by atoms with Gasteiger partial charge in [-0.3, -0.25) is 14.8 Å². The molecular formula is C11H10Cl2N4O2. The van der Waals surface area contributed by atoms with Crippen molar-refractivity contribution in [2.24, 2.45) is 0 Å². The van der Waals surface area contributed by atoms with Crippen LogP contribution in [0.1, 0.15) is 17.0 Å². The first-order valence-electron chi connectivity index (χ1n) is 5.38. The highest BCUT2D eigenvalue weighted by Crippen LogP contribution is 2.24. The lowest BCUT2D eigenvalue weighted by atomic mass is 10.2. The molecule has 0 atom stereocenters. The Morgan fingerprint density at radius 1 is 1.42 bits per heavy atom. The average molecular weight is 301 g/mol. The van der Waals surface area contributed by atoms with Gasteiger partial charge in [0.2, 0.25) is 0 Å². The highest BCUT2D eigenvalue weighted by atomic mass is 35.5. The Balaban J connectivity index is 2.39. The van der Waals surface area contributed by atoms with Crippen LogP contribution in [0.5, 0.6) is 0 Å². The second kappa shape index (κ2) is 5.14. The first kappa shape index (κ1) is 13.8. The third-order valence-electron chi connectivity index (χ3n) is 2.74. The van der Waals surface area contributed by atoms with Crippen molar-refractivity contribution in [2.75, 3.05) is 0 Å². The van der Waals surface area contributed by atoms with Gasteiger partial charge >= 0.3 is 5.69 Å². The van der Waals surface area contributed by atoms with E-state index in [-0.39, 0.29) is 5.69 Å². The van der Waals surface area contributed by atoms with E-state index in [0.717, 1.165) is 0 Å². The van der Waals surface area contributed by atoms with Gasteiger partial charge in [-0.1, -0.05) is 23.2 Å².